The molecule has 0 amide bonds. The molecule has 2 aromatic carbocycles. The number of carbonyl (C=O) groups excluding carboxylic acids is 1. The Kier molecular flexibility index (Phi) is 6.50. The monoisotopic (exact) mass is 380 g/mol. The lowest BCUT2D eigenvalue weighted by Gasteiger charge is -2.10. The van der Waals surface area contributed by atoms with E-state index in [0.29, 0.717) is 34.1 Å². The highest BCUT2D eigenvalue weighted by Gasteiger charge is 2.15. The van der Waals surface area contributed by atoms with Crippen LogP contribution in [-0.2, 0) is 16.0 Å². The van der Waals surface area contributed by atoms with E-state index in [1.165, 1.54) is 19.3 Å². The molecule has 0 aliphatic heterocycles. The van der Waals surface area contributed by atoms with Crippen LogP contribution >= 0.6 is 0 Å². The number of unbranched alkanes of at least 4 members (excludes halogenated alkanes) is 4. The molecule has 148 valence electrons. The summed E-state index contributed by atoms with van der Waals surface area (Å²) in [4.78, 5) is 25.2. The van der Waals surface area contributed by atoms with Crippen molar-refractivity contribution in [1.82, 2.24) is 0 Å². The molecular formula is C24H28O4. The summed E-state index contributed by atoms with van der Waals surface area (Å²) in [6, 6.07) is 9.10. The number of carbonyl (C=O) groups is 1. The lowest BCUT2D eigenvalue weighted by atomic mass is 10.0. The van der Waals surface area contributed by atoms with Crippen molar-refractivity contribution in [2.45, 2.75) is 59.3 Å². The van der Waals surface area contributed by atoms with Crippen LogP contribution in [0, 0.1) is 13.8 Å². The van der Waals surface area contributed by atoms with Crippen LogP contribution in [0.15, 0.2) is 39.5 Å². The van der Waals surface area contributed by atoms with E-state index < -0.39 is 0 Å². The molecule has 0 radical (unpaired) electrons. The highest BCUT2D eigenvalue weighted by molar-refractivity contribution is 5.93. The zero-order valence-electron chi connectivity index (χ0n) is 17.0. The van der Waals surface area contributed by atoms with Crippen molar-refractivity contribution >= 4 is 27.9 Å². The predicted octanol–water partition coefficient (Wildman–Crippen LogP) is 5.62. The first-order chi connectivity index (χ1) is 13.5. The fourth-order valence-corrected chi connectivity index (χ4v) is 3.47. The number of esters is 1. The molecule has 3 rings (SSSR count). The second-order valence-corrected chi connectivity index (χ2v) is 7.42. The van der Waals surface area contributed by atoms with Crippen molar-refractivity contribution in [2.75, 3.05) is 6.61 Å². The standard InChI is InChI=1S/C24H28O4/c1-4-5-6-7-8-14-27-21(25)15-18-10-9-11-19-22(26)20-13-12-16(2)17(3)23(20)28-24(18)19/h9-13H,4-8,14-15H2,1-3H3. The summed E-state index contributed by atoms with van der Waals surface area (Å²) in [5.74, 6) is -0.285. The van der Waals surface area contributed by atoms with Gasteiger partial charge < -0.3 is 9.15 Å². The summed E-state index contributed by atoms with van der Waals surface area (Å²) in [7, 11) is 0. The lowest BCUT2D eigenvalue weighted by molar-refractivity contribution is -0.142. The summed E-state index contributed by atoms with van der Waals surface area (Å²) in [5, 5.41) is 1.07. The Balaban J connectivity index is 1.83. The van der Waals surface area contributed by atoms with Crippen LogP contribution < -0.4 is 5.43 Å². The lowest BCUT2D eigenvalue weighted by Crippen LogP contribution is -2.11. The fraction of sp³-hybridized carbons (Fsp3) is 0.417. The molecule has 4 nitrogen and oxygen atoms in total. The molecule has 0 bridgehead atoms. The minimum absolute atomic E-state index is 0.0644. The first kappa shape index (κ1) is 20.1. The van der Waals surface area contributed by atoms with Crippen LogP contribution in [0.25, 0.3) is 21.9 Å². The van der Waals surface area contributed by atoms with Gasteiger partial charge in [-0.3, -0.25) is 9.59 Å². The Morgan fingerprint density at radius 2 is 1.71 bits per heavy atom. The molecule has 0 spiro atoms. The number of aryl methyl sites for hydroxylation is 2. The van der Waals surface area contributed by atoms with E-state index in [1.54, 1.807) is 12.1 Å². The summed E-state index contributed by atoms with van der Waals surface area (Å²) < 4.78 is 11.5. The molecule has 1 heterocycles. The average molecular weight is 380 g/mol. The molecule has 1 aromatic heterocycles. The molecule has 28 heavy (non-hydrogen) atoms. The minimum atomic E-state index is -0.285. The normalized spacial score (nSPS) is 11.2. The molecule has 0 fully saturated rings. The first-order valence-corrected chi connectivity index (χ1v) is 10.1. The van der Waals surface area contributed by atoms with E-state index in [2.05, 4.69) is 6.92 Å². The van der Waals surface area contributed by atoms with E-state index in [4.69, 9.17) is 9.15 Å². The van der Waals surface area contributed by atoms with Gasteiger partial charge in [-0.05, 0) is 43.5 Å². The molecule has 0 saturated heterocycles. The maximum atomic E-state index is 12.9. The fourth-order valence-electron chi connectivity index (χ4n) is 3.47. The van der Waals surface area contributed by atoms with Crippen LogP contribution in [0.2, 0.25) is 0 Å². The van der Waals surface area contributed by atoms with E-state index in [1.807, 2.05) is 32.0 Å². The Hall–Kier alpha value is -2.62. The maximum Gasteiger partial charge on any atom is 0.310 e. The smallest absolute Gasteiger partial charge is 0.310 e. The largest absolute Gasteiger partial charge is 0.465 e. The van der Waals surface area contributed by atoms with Gasteiger partial charge in [0.25, 0.3) is 0 Å². The van der Waals surface area contributed by atoms with Crippen LogP contribution in [0.4, 0.5) is 0 Å². The van der Waals surface area contributed by atoms with Gasteiger partial charge in [0.05, 0.1) is 23.8 Å². The van der Waals surface area contributed by atoms with E-state index in [-0.39, 0.29) is 17.8 Å². The number of hydrogen-bond acceptors (Lipinski definition) is 4. The molecule has 4 heteroatoms. The Morgan fingerprint density at radius 3 is 2.50 bits per heavy atom. The van der Waals surface area contributed by atoms with Crippen LogP contribution in [0.1, 0.15) is 55.7 Å². The van der Waals surface area contributed by atoms with Crippen molar-refractivity contribution in [3.63, 3.8) is 0 Å². The molecule has 3 aromatic rings. The van der Waals surface area contributed by atoms with Crippen LogP contribution in [0.3, 0.4) is 0 Å². The van der Waals surface area contributed by atoms with Gasteiger partial charge in [-0.25, -0.2) is 0 Å². The Morgan fingerprint density at radius 1 is 0.964 bits per heavy atom. The van der Waals surface area contributed by atoms with Gasteiger partial charge in [0.2, 0.25) is 5.43 Å². The van der Waals surface area contributed by atoms with E-state index >= 15 is 0 Å². The van der Waals surface area contributed by atoms with Crippen molar-refractivity contribution in [3.05, 3.63) is 57.2 Å². The third-order valence-electron chi connectivity index (χ3n) is 5.31. The van der Waals surface area contributed by atoms with Gasteiger partial charge in [0, 0.05) is 5.56 Å². The van der Waals surface area contributed by atoms with Crippen molar-refractivity contribution in [1.29, 1.82) is 0 Å². The van der Waals surface area contributed by atoms with Gasteiger partial charge in [0.15, 0.2) is 0 Å². The van der Waals surface area contributed by atoms with Gasteiger partial charge in [0.1, 0.15) is 11.2 Å². The molecule has 0 atom stereocenters. The van der Waals surface area contributed by atoms with Crippen LogP contribution in [0.5, 0.6) is 0 Å². The molecule has 0 unspecified atom stereocenters. The SMILES string of the molecule is CCCCCCCOC(=O)Cc1cccc2c(=O)c3ccc(C)c(C)c3oc12. The van der Waals surface area contributed by atoms with Crippen molar-refractivity contribution < 1.29 is 13.9 Å². The molecule has 0 saturated carbocycles. The maximum absolute atomic E-state index is 12.9. The molecular weight excluding hydrogens is 352 g/mol. The summed E-state index contributed by atoms with van der Waals surface area (Å²) >= 11 is 0. The third-order valence-corrected chi connectivity index (χ3v) is 5.31. The van der Waals surface area contributed by atoms with Crippen molar-refractivity contribution in [2.24, 2.45) is 0 Å². The summed E-state index contributed by atoms with van der Waals surface area (Å²) in [6.45, 7) is 6.55. The Bertz CT molecular complexity index is 1050. The molecule has 0 aliphatic carbocycles. The average Bonchev–Trinajstić information content (AvgIpc) is 2.68. The quantitative estimate of drug-likeness (QED) is 0.289. The first-order valence-electron chi connectivity index (χ1n) is 10.1. The number of ether oxygens (including phenoxy) is 1. The molecule has 0 N–H and O–H groups in total. The third kappa shape index (κ3) is 4.27. The van der Waals surface area contributed by atoms with Gasteiger partial charge in [-0.2, -0.15) is 0 Å². The molecule has 0 aliphatic rings. The highest BCUT2D eigenvalue weighted by atomic mass is 16.5. The van der Waals surface area contributed by atoms with Crippen LogP contribution in [-0.4, -0.2) is 12.6 Å². The summed E-state index contributed by atoms with van der Waals surface area (Å²) in [5.41, 5.74) is 3.71. The second-order valence-electron chi connectivity index (χ2n) is 7.42. The van der Waals surface area contributed by atoms with E-state index in [0.717, 1.165) is 24.0 Å². The number of fused-ring (bicyclic) bond motifs is 2. The Labute approximate surface area is 165 Å². The van der Waals surface area contributed by atoms with E-state index in [9.17, 15) is 9.59 Å². The van der Waals surface area contributed by atoms with Gasteiger partial charge in [-0.15, -0.1) is 0 Å². The van der Waals surface area contributed by atoms with Gasteiger partial charge >= 0.3 is 5.97 Å². The summed E-state index contributed by atoms with van der Waals surface area (Å²) in [6.07, 6.45) is 5.66. The van der Waals surface area contributed by atoms with Gasteiger partial charge in [-0.1, -0.05) is 50.8 Å². The van der Waals surface area contributed by atoms with Crippen molar-refractivity contribution in [3.8, 4) is 0 Å². The zero-order chi connectivity index (χ0) is 20.1. The predicted molar refractivity (Wildman–Crippen MR) is 113 cm³/mol. The highest BCUT2D eigenvalue weighted by Crippen LogP contribution is 2.26. The second kappa shape index (κ2) is 9.05. The number of benzene rings is 2. The zero-order valence-corrected chi connectivity index (χ0v) is 17.0. The number of hydrogen-bond donors (Lipinski definition) is 0. The topological polar surface area (TPSA) is 56.5 Å². The number of rotatable bonds is 8. The minimum Gasteiger partial charge on any atom is -0.465 e. The number of para-hydroxylation sites is 1.